The molecule has 0 aromatic heterocycles. The van der Waals surface area contributed by atoms with Crippen molar-refractivity contribution in [2.45, 2.75) is 25.0 Å². The molecule has 2 atom stereocenters. The topological polar surface area (TPSA) is 63.3 Å². The lowest BCUT2D eigenvalue weighted by Gasteiger charge is -2.23. The predicted octanol–water partition coefficient (Wildman–Crippen LogP) is 0.806. The summed E-state index contributed by atoms with van der Waals surface area (Å²) in [4.78, 5) is 8.54. The van der Waals surface area contributed by atoms with E-state index in [1.54, 1.807) is 0 Å². The molecule has 1 rings (SSSR count). The maximum Gasteiger partial charge on any atom is 0.524 e. The molecule has 3 N–H and O–H groups in total. The van der Waals surface area contributed by atoms with Crippen LogP contribution in [0.25, 0.3) is 0 Å². The molecule has 0 bridgehead atoms. The smallest absolute Gasteiger partial charge is 0.285 e. The largest absolute Gasteiger partial charge is 0.524 e. The molecule has 3 nitrogen and oxygen atoms in total. The fraction of sp³-hybridized carbons (Fsp3) is 1.00. The van der Waals surface area contributed by atoms with Gasteiger partial charge in [0.15, 0.2) is 0 Å². The van der Waals surface area contributed by atoms with Crippen molar-refractivity contribution in [2.24, 2.45) is 11.7 Å². The van der Waals surface area contributed by atoms with E-state index in [-0.39, 0.29) is 0 Å². The normalized spacial score (nSPS) is 24.9. The summed E-state index contributed by atoms with van der Waals surface area (Å²) in [5.74, 6) is -0.146. The number of hydrogen-bond acceptors (Lipinski definition) is 2. The molecule has 0 aromatic carbocycles. The van der Waals surface area contributed by atoms with E-state index in [2.05, 4.69) is 0 Å². The molecule has 0 aliphatic heterocycles. The summed E-state index contributed by atoms with van der Waals surface area (Å²) in [5, 5.41) is 0. The zero-order valence-electron chi connectivity index (χ0n) is 5.16. The molecule has 4 heteroatoms. The molecule has 52 valence electrons. The zero-order chi connectivity index (χ0) is 6.85. The summed E-state index contributed by atoms with van der Waals surface area (Å²) in [6, 6.07) is 0. The third-order valence-electron chi connectivity index (χ3n) is 1.89. The van der Waals surface area contributed by atoms with Gasteiger partial charge in [0.2, 0.25) is 5.78 Å². The summed E-state index contributed by atoms with van der Waals surface area (Å²) in [6.45, 7) is 0. The number of hydrogen-bond donors (Lipinski definition) is 2. The van der Waals surface area contributed by atoms with Gasteiger partial charge in [-0.15, -0.1) is 0 Å². The van der Waals surface area contributed by atoms with Crippen LogP contribution in [-0.4, -0.2) is 10.7 Å². The van der Waals surface area contributed by atoms with Crippen molar-refractivity contribution >= 4 is 8.03 Å². The first-order valence-electron chi connectivity index (χ1n) is 3.12. The number of rotatable bonds is 2. The zero-order valence-corrected chi connectivity index (χ0v) is 6.05. The fourth-order valence-electron chi connectivity index (χ4n) is 0.962. The lowest BCUT2D eigenvalue weighted by Crippen LogP contribution is -2.31. The van der Waals surface area contributed by atoms with Gasteiger partial charge in [-0.2, -0.15) is 4.89 Å². The lowest BCUT2D eigenvalue weighted by atomic mass is 9.85. The van der Waals surface area contributed by atoms with Gasteiger partial charge in [0.25, 0.3) is 0 Å². The second kappa shape index (κ2) is 2.74. The Hall–Kier alpha value is 0.0200. The Bertz CT molecular complexity index is 124. The third-order valence-corrected chi connectivity index (χ3v) is 2.82. The first-order chi connectivity index (χ1) is 4.22. The minimum atomic E-state index is -2.13. The Labute approximate surface area is 55.1 Å². The Balaban J connectivity index is 2.32. The van der Waals surface area contributed by atoms with Crippen molar-refractivity contribution in [1.82, 2.24) is 0 Å². The lowest BCUT2D eigenvalue weighted by molar-refractivity contribution is 0.294. The molecule has 1 saturated carbocycles. The van der Waals surface area contributed by atoms with E-state index in [9.17, 15) is 4.57 Å². The van der Waals surface area contributed by atoms with Gasteiger partial charge < -0.3 is 0 Å². The van der Waals surface area contributed by atoms with E-state index in [4.69, 9.17) is 10.6 Å². The van der Waals surface area contributed by atoms with Gasteiger partial charge >= 0.3 is 8.03 Å². The molecule has 2 unspecified atom stereocenters. The van der Waals surface area contributed by atoms with Crippen molar-refractivity contribution in [3.8, 4) is 0 Å². The Morgan fingerprint density at radius 1 is 1.67 bits per heavy atom. The molecule has 0 aromatic rings. The fourth-order valence-corrected chi connectivity index (χ4v) is 1.62. The second-order valence-electron chi connectivity index (χ2n) is 2.48. The van der Waals surface area contributed by atoms with E-state index in [0.717, 1.165) is 12.8 Å². The van der Waals surface area contributed by atoms with Crippen LogP contribution in [0.15, 0.2) is 0 Å². The van der Waals surface area contributed by atoms with Crippen molar-refractivity contribution in [1.29, 1.82) is 0 Å². The minimum absolute atomic E-state index is 0.318. The van der Waals surface area contributed by atoms with E-state index < -0.39 is 13.8 Å². The molecule has 0 spiro atoms. The van der Waals surface area contributed by atoms with Crippen LogP contribution in [0, 0.1) is 5.92 Å². The molecule has 0 amide bonds. The highest BCUT2D eigenvalue weighted by Crippen LogP contribution is 2.37. The van der Waals surface area contributed by atoms with Gasteiger partial charge in [0, 0.05) is 5.92 Å². The highest BCUT2D eigenvalue weighted by atomic mass is 31.1. The van der Waals surface area contributed by atoms with Crippen LogP contribution in [0.2, 0.25) is 0 Å². The minimum Gasteiger partial charge on any atom is -0.285 e. The first kappa shape index (κ1) is 7.13. The summed E-state index contributed by atoms with van der Waals surface area (Å²) < 4.78 is 10.4. The van der Waals surface area contributed by atoms with Gasteiger partial charge in [-0.05, 0) is 17.4 Å². The van der Waals surface area contributed by atoms with Gasteiger partial charge in [-0.25, -0.2) is 0 Å². The van der Waals surface area contributed by atoms with Crippen LogP contribution in [-0.2, 0) is 4.57 Å². The van der Waals surface area contributed by atoms with Crippen LogP contribution >= 0.6 is 8.03 Å². The molecule has 0 radical (unpaired) electrons. The van der Waals surface area contributed by atoms with Gasteiger partial charge in [0.05, 0.1) is 0 Å². The number of nitrogens with two attached hydrogens (primary N) is 1. The Morgan fingerprint density at radius 3 is 2.33 bits per heavy atom. The maximum atomic E-state index is 10.4. The second-order valence-corrected chi connectivity index (χ2v) is 3.69. The first-order valence-corrected chi connectivity index (χ1v) is 4.41. The molecular formula is C5H11NO2P+. The molecule has 1 aliphatic carbocycles. The highest BCUT2D eigenvalue weighted by molar-refractivity contribution is 7.38. The quantitative estimate of drug-likeness (QED) is 0.569. The van der Waals surface area contributed by atoms with Crippen molar-refractivity contribution in [3.05, 3.63) is 0 Å². The summed E-state index contributed by atoms with van der Waals surface area (Å²) >= 11 is 0. The highest BCUT2D eigenvalue weighted by Gasteiger charge is 2.37. The van der Waals surface area contributed by atoms with E-state index >= 15 is 0 Å². The summed E-state index contributed by atoms with van der Waals surface area (Å²) in [7, 11) is -2.13. The maximum absolute atomic E-state index is 10.4. The average molecular weight is 148 g/mol. The van der Waals surface area contributed by atoms with E-state index in [1.165, 1.54) is 6.42 Å². The Morgan fingerprint density at radius 2 is 2.22 bits per heavy atom. The molecule has 0 heterocycles. The monoisotopic (exact) mass is 148 g/mol. The van der Waals surface area contributed by atoms with Crippen molar-refractivity contribution in [3.63, 3.8) is 0 Å². The van der Waals surface area contributed by atoms with Crippen LogP contribution < -0.4 is 5.73 Å². The third kappa shape index (κ3) is 1.48. The van der Waals surface area contributed by atoms with Gasteiger partial charge in [-0.3, -0.25) is 5.73 Å². The molecular weight excluding hydrogens is 137 g/mol. The van der Waals surface area contributed by atoms with Crippen LogP contribution in [0.3, 0.4) is 0 Å². The van der Waals surface area contributed by atoms with Crippen LogP contribution in [0.4, 0.5) is 0 Å². The average Bonchev–Trinajstić information content (AvgIpc) is 1.60. The SMILES string of the molecule is NC(C1CCC1)[P+](=O)O. The predicted molar refractivity (Wildman–Crippen MR) is 35.1 cm³/mol. The van der Waals surface area contributed by atoms with Crippen LogP contribution in [0.5, 0.6) is 0 Å². The van der Waals surface area contributed by atoms with Gasteiger partial charge in [-0.1, -0.05) is 6.42 Å². The van der Waals surface area contributed by atoms with Crippen LogP contribution in [0.1, 0.15) is 19.3 Å². The molecule has 1 aliphatic rings. The van der Waals surface area contributed by atoms with Gasteiger partial charge in [0.1, 0.15) is 0 Å². The molecule has 1 fully saturated rings. The Kier molecular flexibility index (Phi) is 2.17. The molecule has 9 heavy (non-hydrogen) atoms. The summed E-state index contributed by atoms with van der Waals surface area (Å²) in [6.07, 6.45) is 3.23. The van der Waals surface area contributed by atoms with E-state index in [0.29, 0.717) is 5.92 Å². The summed E-state index contributed by atoms with van der Waals surface area (Å²) in [5.41, 5.74) is 5.39. The standard InChI is InChI=1S/C5H10NO2P/c6-5(9(7)8)4-2-1-3-4/h4-5H,1-3,6H2/p+1. The van der Waals surface area contributed by atoms with E-state index in [1.807, 2.05) is 0 Å². The van der Waals surface area contributed by atoms with Crippen molar-refractivity contribution < 1.29 is 9.46 Å². The van der Waals surface area contributed by atoms with Crippen molar-refractivity contribution in [2.75, 3.05) is 0 Å². The molecule has 0 saturated heterocycles.